The van der Waals surface area contributed by atoms with Crippen molar-refractivity contribution in [1.82, 2.24) is 9.78 Å². The van der Waals surface area contributed by atoms with Crippen molar-refractivity contribution in [3.8, 4) is 0 Å². The van der Waals surface area contributed by atoms with E-state index in [0.717, 1.165) is 18.8 Å². The summed E-state index contributed by atoms with van der Waals surface area (Å²) in [5.41, 5.74) is 0.638. The van der Waals surface area contributed by atoms with Gasteiger partial charge in [-0.1, -0.05) is 13.8 Å². The molecule has 1 atom stereocenters. The fourth-order valence-electron chi connectivity index (χ4n) is 2.47. The van der Waals surface area contributed by atoms with E-state index in [0.29, 0.717) is 22.7 Å². The van der Waals surface area contributed by atoms with Crippen molar-refractivity contribution in [2.45, 2.75) is 26.0 Å². The van der Waals surface area contributed by atoms with E-state index in [1.807, 2.05) is 11.8 Å². The molecule has 0 amide bonds. The summed E-state index contributed by atoms with van der Waals surface area (Å²) in [5.74, 6) is 2.22. The van der Waals surface area contributed by atoms with Gasteiger partial charge in [0, 0.05) is 31.1 Å². The first-order chi connectivity index (χ1) is 8.91. The van der Waals surface area contributed by atoms with E-state index in [4.69, 9.17) is 0 Å². The Kier molecular flexibility index (Phi) is 4.03. The van der Waals surface area contributed by atoms with E-state index >= 15 is 0 Å². The van der Waals surface area contributed by atoms with E-state index in [9.17, 15) is 10.1 Å². The molecule has 1 aliphatic heterocycles. The summed E-state index contributed by atoms with van der Waals surface area (Å²) < 4.78 is 1.64. The molecule has 1 fully saturated rings. The number of nitro groups is 1. The maximum atomic E-state index is 11.2. The number of hydrogen-bond donors (Lipinski definition) is 0. The average molecular weight is 284 g/mol. The van der Waals surface area contributed by atoms with Gasteiger partial charge in [0.2, 0.25) is 5.82 Å². The van der Waals surface area contributed by atoms with Crippen LogP contribution in [0.1, 0.15) is 19.5 Å². The van der Waals surface area contributed by atoms with Gasteiger partial charge in [0.25, 0.3) is 0 Å². The molecule has 0 bridgehead atoms. The summed E-state index contributed by atoms with van der Waals surface area (Å²) in [6.45, 7) is 7.78. The van der Waals surface area contributed by atoms with Crippen molar-refractivity contribution in [3.05, 3.63) is 15.8 Å². The molecule has 0 radical (unpaired) electrons. The number of thioether (sulfide) groups is 1. The number of anilines is 1. The van der Waals surface area contributed by atoms with Crippen molar-refractivity contribution in [3.63, 3.8) is 0 Å². The Hall–Kier alpha value is -1.24. The Bertz CT molecular complexity index is 486. The Morgan fingerprint density at radius 2 is 2.21 bits per heavy atom. The lowest BCUT2D eigenvalue weighted by molar-refractivity contribution is -0.384. The summed E-state index contributed by atoms with van der Waals surface area (Å²) in [6.07, 6.45) is 0. The Morgan fingerprint density at radius 3 is 2.79 bits per heavy atom. The van der Waals surface area contributed by atoms with Gasteiger partial charge in [-0.15, -0.1) is 0 Å². The lowest BCUT2D eigenvalue weighted by Gasteiger charge is -2.35. The summed E-state index contributed by atoms with van der Waals surface area (Å²) in [6, 6.07) is 0. The molecule has 0 aromatic carbocycles. The van der Waals surface area contributed by atoms with Crippen LogP contribution < -0.4 is 4.90 Å². The third kappa shape index (κ3) is 2.70. The molecule has 6 nitrogen and oxygen atoms in total. The predicted octanol–water partition coefficient (Wildman–Crippen LogP) is 2.21. The van der Waals surface area contributed by atoms with Crippen LogP contribution in [-0.4, -0.2) is 38.8 Å². The quantitative estimate of drug-likeness (QED) is 0.629. The van der Waals surface area contributed by atoms with Crippen LogP contribution in [0.5, 0.6) is 0 Å². The lowest BCUT2D eigenvalue weighted by Crippen LogP contribution is -2.41. The van der Waals surface area contributed by atoms with Gasteiger partial charge in [0.15, 0.2) is 0 Å². The largest absolute Gasteiger partial charge is 0.349 e. The normalized spacial score (nSPS) is 20.1. The molecule has 106 valence electrons. The molecule has 19 heavy (non-hydrogen) atoms. The zero-order valence-corrected chi connectivity index (χ0v) is 12.6. The lowest BCUT2D eigenvalue weighted by atomic mass is 10.1. The molecule has 1 saturated heterocycles. The smallest absolute Gasteiger partial charge is 0.333 e. The molecule has 0 saturated carbocycles. The number of rotatable bonds is 3. The monoisotopic (exact) mass is 284 g/mol. The highest BCUT2D eigenvalue weighted by atomic mass is 32.2. The number of aryl methyl sites for hydroxylation is 2. The second-order valence-electron chi connectivity index (χ2n) is 5.24. The van der Waals surface area contributed by atoms with E-state index in [-0.39, 0.29) is 10.6 Å². The van der Waals surface area contributed by atoms with E-state index in [2.05, 4.69) is 23.8 Å². The van der Waals surface area contributed by atoms with E-state index in [1.165, 1.54) is 0 Å². The molecule has 1 aliphatic rings. The van der Waals surface area contributed by atoms with Crippen molar-refractivity contribution in [2.75, 3.05) is 23.7 Å². The molecule has 0 spiro atoms. The summed E-state index contributed by atoms with van der Waals surface area (Å²) in [5, 5.41) is 16.0. The van der Waals surface area contributed by atoms with Crippen LogP contribution in [0.15, 0.2) is 0 Å². The molecule has 0 aliphatic carbocycles. The summed E-state index contributed by atoms with van der Waals surface area (Å²) in [7, 11) is 1.78. The Morgan fingerprint density at radius 1 is 1.53 bits per heavy atom. The zero-order valence-electron chi connectivity index (χ0n) is 11.8. The molecule has 1 aromatic rings. The highest BCUT2D eigenvalue weighted by Gasteiger charge is 2.32. The van der Waals surface area contributed by atoms with Gasteiger partial charge in [0.05, 0.1) is 4.92 Å². The van der Waals surface area contributed by atoms with Crippen LogP contribution in [0, 0.1) is 23.0 Å². The van der Waals surface area contributed by atoms with Crippen LogP contribution in [0.2, 0.25) is 0 Å². The first-order valence-corrected chi connectivity index (χ1v) is 7.51. The second kappa shape index (κ2) is 5.40. The molecule has 1 aromatic heterocycles. The topological polar surface area (TPSA) is 64.2 Å². The molecular formula is C12H20N4O2S. The third-order valence-corrected chi connectivity index (χ3v) is 5.02. The number of aromatic nitrogens is 2. The maximum Gasteiger partial charge on any atom is 0.333 e. The number of hydrogen-bond acceptors (Lipinski definition) is 5. The van der Waals surface area contributed by atoms with Gasteiger partial charge in [0.1, 0.15) is 5.69 Å². The van der Waals surface area contributed by atoms with E-state index < -0.39 is 0 Å². The minimum absolute atomic E-state index is 0.150. The molecule has 2 rings (SSSR count). The van der Waals surface area contributed by atoms with Gasteiger partial charge in [-0.25, -0.2) is 4.68 Å². The second-order valence-corrected chi connectivity index (χ2v) is 6.58. The average Bonchev–Trinajstić information content (AvgIpc) is 2.64. The van der Waals surface area contributed by atoms with Gasteiger partial charge < -0.3 is 4.90 Å². The molecule has 0 N–H and O–H groups in total. The van der Waals surface area contributed by atoms with Crippen molar-refractivity contribution in [1.29, 1.82) is 0 Å². The van der Waals surface area contributed by atoms with Crippen LogP contribution >= 0.6 is 11.8 Å². The predicted molar refractivity (Wildman–Crippen MR) is 77.9 cm³/mol. The minimum atomic E-state index is -0.316. The summed E-state index contributed by atoms with van der Waals surface area (Å²) in [4.78, 5) is 13.0. The van der Waals surface area contributed by atoms with Crippen LogP contribution in [-0.2, 0) is 7.05 Å². The first kappa shape index (κ1) is 14.2. The highest BCUT2D eigenvalue weighted by Crippen LogP contribution is 2.35. The van der Waals surface area contributed by atoms with Crippen LogP contribution in [0.25, 0.3) is 0 Å². The van der Waals surface area contributed by atoms with E-state index in [1.54, 1.807) is 18.7 Å². The number of nitrogens with zero attached hydrogens (tertiary/aromatic N) is 4. The van der Waals surface area contributed by atoms with Crippen molar-refractivity contribution >= 4 is 23.3 Å². The Labute approximate surface area is 117 Å². The zero-order chi connectivity index (χ0) is 14.2. The molecular weight excluding hydrogens is 264 g/mol. The summed E-state index contributed by atoms with van der Waals surface area (Å²) >= 11 is 1.96. The molecule has 2 heterocycles. The van der Waals surface area contributed by atoms with Gasteiger partial charge in [-0.3, -0.25) is 10.1 Å². The third-order valence-electron chi connectivity index (χ3n) is 3.48. The van der Waals surface area contributed by atoms with Crippen molar-refractivity contribution < 1.29 is 4.92 Å². The fraction of sp³-hybridized carbons (Fsp3) is 0.750. The van der Waals surface area contributed by atoms with Gasteiger partial charge >= 0.3 is 5.69 Å². The van der Waals surface area contributed by atoms with Crippen LogP contribution in [0.3, 0.4) is 0 Å². The van der Waals surface area contributed by atoms with Crippen LogP contribution in [0.4, 0.5) is 11.5 Å². The van der Waals surface area contributed by atoms with Gasteiger partial charge in [-0.05, 0) is 12.8 Å². The Balaban J connectivity index is 2.33. The standard InChI is InChI=1S/C12H20N4O2S/c1-8(2)10-7-15(5-6-19-10)12-11(16(17)18)9(3)13-14(12)4/h8,10H,5-7H2,1-4H3/t10-/m1/s1. The fourth-order valence-corrected chi connectivity index (χ4v) is 3.77. The minimum Gasteiger partial charge on any atom is -0.349 e. The highest BCUT2D eigenvalue weighted by molar-refractivity contribution is 8.00. The van der Waals surface area contributed by atoms with Gasteiger partial charge in [-0.2, -0.15) is 16.9 Å². The maximum absolute atomic E-state index is 11.2. The molecule has 7 heteroatoms. The first-order valence-electron chi connectivity index (χ1n) is 6.46. The van der Waals surface area contributed by atoms with Crippen molar-refractivity contribution in [2.24, 2.45) is 13.0 Å². The molecule has 0 unspecified atom stereocenters. The SMILES string of the molecule is Cc1nn(C)c(N2CCS[C@@H](C(C)C)C2)c1[N+](=O)[O-].